The van der Waals surface area contributed by atoms with Crippen molar-refractivity contribution in [3.05, 3.63) is 34.6 Å². The molecule has 0 saturated heterocycles. The van der Waals surface area contributed by atoms with Crippen LogP contribution in [-0.2, 0) is 6.54 Å². The number of carbonyl (C=O) groups is 1. The summed E-state index contributed by atoms with van der Waals surface area (Å²) in [5.41, 5.74) is 8.39. The number of hydrazine groups is 1. The van der Waals surface area contributed by atoms with E-state index in [2.05, 4.69) is 20.8 Å². The molecule has 0 atom stereocenters. The number of alkyl halides is 2. The molecule has 0 fully saturated rings. The topological polar surface area (TPSA) is 153 Å². The predicted molar refractivity (Wildman–Crippen MR) is 84.3 cm³/mol. The third-order valence-electron chi connectivity index (χ3n) is 3.37. The molecule has 0 aliphatic heterocycles. The number of amides is 1. The van der Waals surface area contributed by atoms with Gasteiger partial charge in [-0.1, -0.05) is 0 Å². The summed E-state index contributed by atoms with van der Waals surface area (Å²) in [5.74, 6) is -1.40. The van der Waals surface area contributed by atoms with Crippen LogP contribution in [0.5, 0.6) is 0 Å². The van der Waals surface area contributed by atoms with Gasteiger partial charge in [0.15, 0.2) is 17.2 Å². The quantitative estimate of drug-likeness (QED) is 0.440. The van der Waals surface area contributed by atoms with Gasteiger partial charge in [0, 0.05) is 0 Å². The second-order valence-corrected chi connectivity index (χ2v) is 4.96. The van der Waals surface area contributed by atoms with E-state index in [4.69, 9.17) is 15.3 Å². The van der Waals surface area contributed by atoms with Crippen molar-refractivity contribution in [2.45, 2.75) is 13.1 Å². The standard InChI is InChI=1S/C13H13F2N7O4/c14-11(15)22-7-8(19-20-10(24)6-2-1-5-26-6)17-12(16)18-9(7)21(3-4-23)13(22)25/h1-2,5,11,23H,3-4H2,(H,20,24)(H3,16,17,18,19). The predicted octanol–water partition coefficient (Wildman–Crippen LogP) is -0.0875. The number of nitrogens with two attached hydrogens (primary N) is 1. The minimum atomic E-state index is -3.21. The lowest BCUT2D eigenvalue weighted by Crippen LogP contribution is -2.30. The normalized spacial score (nSPS) is 11.2. The molecule has 3 aromatic heterocycles. The molecule has 0 radical (unpaired) electrons. The van der Waals surface area contributed by atoms with Crippen molar-refractivity contribution in [3.63, 3.8) is 0 Å². The van der Waals surface area contributed by atoms with E-state index in [-0.39, 0.29) is 39.8 Å². The first-order chi connectivity index (χ1) is 12.4. The van der Waals surface area contributed by atoms with Crippen LogP contribution in [0.1, 0.15) is 17.1 Å². The number of rotatable bonds is 6. The summed E-state index contributed by atoms with van der Waals surface area (Å²) in [6.07, 6.45) is 1.28. The third-order valence-corrected chi connectivity index (χ3v) is 3.37. The molecular formula is C13H13F2N7O4. The van der Waals surface area contributed by atoms with E-state index in [9.17, 15) is 18.4 Å². The number of anilines is 2. The van der Waals surface area contributed by atoms with E-state index in [0.717, 1.165) is 4.57 Å². The Morgan fingerprint density at radius 2 is 2.19 bits per heavy atom. The van der Waals surface area contributed by atoms with Gasteiger partial charge in [-0.3, -0.25) is 20.2 Å². The fraction of sp³-hybridized carbons (Fsp3) is 0.231. The highest BCUT2D eigenvalue weighted by Crippen LogP contribution is 2.24. The zero-order valence-corrected chi connectivity index (χ0v) is 13.0. The SMILES string of the molecule is Nc1nc(NNC(=O)c2ccco2)c2c(n1)n(CCO)c(=O)n2C(F)F. The molecule has 138 valence electrons. The summed E-state index contributed by atoms with van der Waals surface area (Å²) < 4.78 is 32.6. The van der Waals surface area contributed by atoms with Crippen LogP contribution in [0.2, 0.25) is 0 Å². The van der Waals surface area contributed by atoms with E-state index >= 15 is 0 Å². The lowest BCUT2D eigenvalue weighted by atomic mass is 10.4. The maximum Gasteiger partial charge on any atom is 0.335 e. The average molecular weight is 369 g/mol. The molecule has 0 aromatic carbocycles. The Bertz CT molecular complexity index is 996. The molecule has 0 bridgehead atoms. The van der Waals surface area contributed by atoms with Crippen molar-refractivity contribution in [1.29, 1.82) is 0 Å². The number of nitrogens with one attached hydrogen (secondary N) is 2. The van der Waals surface area contributed by atoms with Crippen molar-refractivity contribution in [1.82, 2.24) is 24.5 Å². The number of aromatic nitrogens is 4. The summed E-state index contributed by atoms with van der Waals surface area (Å²) in [4.78, 5) is 31.6. The fourth-order valence-corrected chi connectivity index (χ4v) is 2.34. The average Bonchev–Trinajstić information content (AvgIpc) is 3.21. The van der Waals surface area contributed by atoms with Gasteiger partial charge in [0.1, 0.15) is 5.52 Å². The van der Waals surface area contributed by atoms with Crippen LogP contribution in [-0.4, -0.2) is 36.7 Å². The number of carbonyl (C=O) groups excluding carboxylic acids is 1. The number of halogens is 2. The van der Waals surface area contributed by atoms with Crippen LogP contribution < -0.4 is 22.3 Å². The van der Waals surface area contributed by atoms with Gasteiger partial charge in [-0.2, -0.15) is 18.7 Å². The van der Waals surface area contributed by atoms with E-state index < -0.39 is 24.8 Å². The van der Waals surface area contributed by atoms with E-state index in [0.29, 0.717) is 0 Å². The minimum absolute atomic E-state index is 0.0418. The van der Waals surface area contributed by atoms with Gasteiger partial charge in [-0.15, -0.1) is 0 Å². The van der Waals surface area contributed by atoms with Crippen LogP contribution in [0.25, 0.3) is 11.2 Å². The third kappa shape index (κ3) is 2.95. The molecule has 5 N–H and O–H groups in total. The smallest absolute Gasteiger partial charge is 0.335 e. The molecule has 26 heavy (non-hydrogen) atoms. The van der Waals surface area contributed by atoms with Crippen molar-refractivity contribution in [2.24, 2.45) is 0 Å². The number of aliphatic hydroxyl groups is 1. The minimum Gasteiger partial charge on any atom is -0.459 e. The summed E-state index contributed by atoms with van der Waals surface area (Å²) in [6.45, 7) is -3.97. The van der Waals surface area contributed by atoms with Crippen LogP contribution in [0.15, 0.2) is 27.6 Å². The van der Waals surface area contributed by atoms with Gasteiger partial charge < -0.3 is 15.3 Å². The Balaban J connectivity index is 2.08. The Hall–Kier alpha value is -3.48. The molecule has 3 aromatic rings. The second-order valence-electron chi connectivity index (χ2n) is 4.96. The second kappa shape index (κ2) is 6.79. The Morgan fingerprint density at radius 3 is 2.81 bits per heavy atom. The maximum absolute atomic E-state index is 13.4. The molecule has 0 aliphatic carbocycles. The molecule has 0 aliphatic rings. The number of hydrogen-bond acceptors (Lipinski definition) is 8. The summed E-state index contributed by atoms with van der Waals surface area (Å²) in [6, 6.07) is 2.87. The van der Waals surface area contributed by atoms with Crippen LogP contribution in [0.4, 0.5) is 20.5 Å². The van der Waals surface area contributed by atoms with Crippen LogP contribution >= 0.6 is 0 Å². The molecule has 3 rings (SSSR count). The molecule has 13 heteroatoms. The first-order valence-electron chi connectivity index (χ1n) is 7.21. The lowest BCUT2D eigenvalue weighted by Gasteiger charge is -2.10. The number of nitrogen functional groups attached to an aromatic ring is 1. The first-order valence-corrected chi connectivity index (χ1v) is 7.21. The number of furan rings is 1. The molecule has 0 saturated carbocycles. The van der Waals surface area contributed by atoms with Gasteiger partial charge in [-0.25, -0.2) is 9.36 Å². The molecule has 0 unspecified atom stereocenters. The Labute approximate surface area is 143 Å². The maximum atomic E-state index is 13.4. The van der Waals surface area contributed by atoms with Gasteiger partial charge in [0.2, 0.25) is 5.95 Å². The number of aliphatic hydroxyl groups excluding tert-OH is 1. The van der Waals surface area contributed by atoms with Crippen LogP contribution in [0, 0.1) is 0 Å². The monoisotopic (exact) mass is 369 g/mol. The molecule has 3 heterocycles. The lowest BCUT2D eigenvalue weighted by molar-refractivity contribution is 0.0700. The molecular weight excluding hydrogens is 356 g/mol. The van der Waals surface area contributed by atoms with E-state index in [1.54, 1.807) is 0 Å². The number of fused-ring (bicyclic) bond motifs is 1. The van der Waals surface area contributed by atoms with Crippen molar-refractivity contribution in [3.8, 4) is 0 Å². The molecule has 11 nitrogen and oxygen atoms in total. The highest BCUT2D eigenvalue weighted by molar-refractivity contribution is 5.93. The Morgan fingerprint density at radius 1 is 1.42 bits per heavy atom. The Kier molecular flexibility index (Phi) is 4.53. The number of hydrogen-bond donors (Lipinski definition) is 4. The van der Waals surface area contributed by atoms with E-state index in [1.807, 2.05) is 0 Å². The zero-order valence-electron chi connectivity index (χ0n) is 13.0. The van der Waals surface area contributed by atoms with Crippen molar-refractivity contribution in [2.75, 3.05) is 17.8 Å². The van der Waals surface area contributed by atoms with E-state index in [1.165, 1.54) is 18.4 Å². The van der Waals surface area contributed by atoms with Crippen molar-refractivity contribution < 1.29 is 23.1 Å². The fourth-order valence-electron chi connectivity index (χ4n) is 2.34. The van der Waals surface area contributed by atoms with Gasteiger partial charge in [0.25, 0.3) is 0 Å². The highest BCUT2D eigenvalue weighted by atomic mass is 19.3. The number of nitrogens with zero attached hydrogens (tertiary/aromatic N) is 4. The van der Waals surface area contributed by atoms with Crippen LogP contribution in [0.3, 0.4) is 0 Å². The van der Waals surface area contributed by atoms with Gasteiger partial charge in [0.05, 0.1) is 19.4 Å². The van der Waals surface area contributed by atoms with Gasteiger partial charge >= 0.3 is 18.1 Å². The molecule has 0 spiro atoms. The first kappa shape index (κ1) is 17.3. The molecule has 1 amide bonds. The number of imidazole rings is 1. The largest absolute Gasteiger partial charge is 0.459 e. The summed E-state index contributed by atoms with van der Waals surface area (Å²) in [7, 11) is 0. The highest BCUT2D eigenvalue weighted by Gasteiger charge is 2.24. The van der Waals surface area contributed by atoms with Gasteiger partial charge in [-0.05, 0) is 12.1 Å². The summed E-state index contributed by atoms with van der Waals surface area (Å²) in [5, 5.41) is 9.06. The summed E-state index contributed by atoms with van der Waals surface area (Å²) >= 11 is 0. The zero-order chi connectivity index (χ0) is 18.8. The van der Waals surface area contributed by atoms with Crippen molar-refractivity contribution >= 4 is 28.8 Å².